The van der Waals surface area contributed by atoms with Crippen LogP contribution >= 0.6 is 0 Å². The van der Waals surface area contributed by atoms with Gasteiger partial charge in [-0.1, -0.05) is 12.1 Å². The fourth-order valence-electron chi connectivity index (χ4n) is 2.96. The Labute approximate surface area is 152 Å². The molecule has 26 heavy (non-hydrogen) atoms. The lowest BCUT2D eigenvalue weighted by atomic mass is 9.99. The van der Waals surface area contributed by atoms with E-state index in [1.165, 1.54) is 6.08 Å². The summed E-state index contributed by atoms with van der Waals surface area (Å²) in [6.45, 7) is 1.12. The predicted molar refractivity (Wildman–Crippen MR) is 99.5 cm³/mol. The van der Waals surface area contributed by atoms with E-state index in [0.717, 1.165) is 35.3 Å². The number of nitrogens with two attached hydrogens (primary N) is 1. The molecule has 3 rings (SSSR count). The number of pyridine rings is 1. The number of aromatic nitrogens is 1. The summed E-state index contributed by atoms with van der Waals surface area (Å²) in [5.74, 6) is 0.408. The number of carbonyl (C=O) groups excluding carboxylic acids is 1. The van der Waals surface area contributed by atoms with Gasteiger partial charge in [0, 0.05) is 37.1 Å². The van der Waals surface area contributed by atoms with Gasteiger partial charge in [0.15, 0.2) is 0 Å². The Bertz CT molecular complexity index is 777. The van der Waals surface area contributed by atoms with Crippen molar-refractivity contribution in [1.82, 2.24) is 10.3 Å². The van der Waals surface area contributed by atoms with Crippen LogP contribution in [0.15, 0.2) is 48.8 Å². The maximum atomic E-state index is 10.8. The summed E-state index contributed by atoms with van der Waals surface area (Å²) in [5.41, 5.74) is 7.98. The molecular formula is C20H23N3O3. The average Bonchev–Trinajstić information content (AvgIpc) is 2.66. The van der Waals surface area contributed by atoms with Crippen molar-refractivity contribution in [2.45, 2.75) is 25.0 Å². The number of fused-ring (bicyclic) bond motifs is 1. The largest absolute Gasteiger partial charge is 0.489 e. The summed E-state index contributed by atoms with van der Waals surface area (Å²) in [6, 6.07) is 9.51. The van der Waals surface area contributed by atoms with Crippen molar-refractivity contribution in [1.29, 1.82) is 0 Å². The summed E-state index contributed by atoms with van der Waals surface area (Å²) >= 11 is 0. The molecule has 2 aromatic rings. The molecule has 136 valence electrons. The lowest BCUT2D eigenvalue weighted by Gasteiger charge is -2.27. The van der Waals surface area contributed by atoms with E-state index in [0.29, 0.717) is 13.1 Å². The zero-order chi connectivity index (χ0) is 18.4. The van der Waals surface area contributed by atoms with Gasteiger partial charge in [-0.15, -0.1) is 0 Å². The topological polar surface area (TPSA) is 97.5 Å². The van der Waals surface area contributed by atoms with E-state index in [4.69, 9.17) is 10.5 Å². The van der Waals surface area contributed by atoms with Crippen LogP contribution < -0.4 is 15.8 Å². The Hall–Kier alpha value is -2.70. The standard InChI is InChI=1S/C20H23N3O3/c21-20(25)8-4-14-3-7-19-15(10-14)5-6-17(26-19)12-23-13-18(24)16-2-1-9-22-11-16/h1-4,7-11,17-18,23-24H,5-6,12-13H2,(H2,21,25)/b8-4-/t17-,18-/m0/s1. The Morgan fingerprint density at radius 3 is 3.12 bits per heavy atom. The van der Waals surface area contributed by atoms with Gasteiger partial charge in [0.2, 0.25) is 5.91 Å². The minimum Gasteiger partial charge on any atom is -0.489 e. The highest BCUT2D eigenvalue weighted by Crippen LogP contribution is 2.28. The maximum absolute atomic E-state index is 10.8. The van der Waals surface area contributed by atoms with Gasteiger partial charge < -0.3 is 20.9 Å². The first-order chi connectivity index (χ1) is 12.6. The molecular weight excluding hydrogens is 330 g/mol. The van der Waals surface area contributed by atoms with Crippen LogP contribution in [0.5, 0.6) is 5.75 Å². The molecule has 2 atom stereocenters. The van der Waals surface area contributed by atoms with Gasteiger partial charge in [-0.25, -0.2) is 0 Å². The van der Waals surface area contributed by atoms with Crippen molar-refractivity contribution in [3.05, 3.63) is 65.5 Å². The van der Waals surface area contributed by atoms with Crippen LogP contribution in [-0.4, -0.2) is 35.2 Å². The first kappa shape index (κ1) is 18.1. The Balaban J connectivity index is 1.50. The van der Waals surface area contributed by atoms with Gasteiger partial charge in [-0.05, 0) is 48.2 Å². The summed E-state index contributed by atoms with van der Waals surface area (Å²) in [4.78, 5) is 14.8. The van der Waals surface area contributed by atoms with Crippen molar-refractivity contribution in [3.8, 4) is 5.75 Å². The molecule has 2 heterocycles. The summed E-state index contributed by atoms with van der Waals surface area (Å²) in [6.07, 6.45) is 7.70. The highest BCUT2D eigenvalue weighted by molar-refractivity contribution is 5.90. The zero-order valence-corrected chi connectivity index (χ0v) is 14.5. The van der Waals surface area contributed by atoms with Crippen LogP contribution in [0.4, 0.5) is 0 Å². The van der Waals surface area contributed by atoms with E-state index < -0.39 is 12.0 Å². The van der Waals surface area contributed by atoms with Crippen molar-refractivity contribution in [2.24, 2.45) is 5.73 Å². The Morgan fingerprint density at radius 1 is 1.46 bits per heavy atom. The molecule has 0 saturated heterocycles. The van der Waals surface area contributed by atoms with E-state index >= 15 is 0 Å². The molecule has 0 saturated carbocycles. The van der Waals surface area contributed by atoms with Crippen LogP contribution in [-0.2, 0) is 11.2 Å². The number of nitrogens with zero attached hydrogens (tertiary/aromatic N) is 1. The molecule has 0 spiro atoms. The van der Waals surface area contributed by atoms with Gasteiger partial charge in [-0.2, -0.15) is 0 Å². The second-order valence-corrected chi connectivity index (χ2v) is 6.34. The number of hydrogen-bond acceptors (Lipinski definition) is 5. The molecule has 1 amide bonds. The molecule has 6 nitrogen and oxygen atoms in total. The van der Waals surface area contributed by atoms with E-state index in [2.05, 4.69) is 10.3 Å². The first-order valence-corrected chi connectivity index (χ1v) is 8.67. The van der Waals surface area contributed by atoms with Crippen molar-refractivity contribution in [3.63, 3.8) is 0 Å². The van der Waals surface area contributed by atoms with Crippen LogP contribution in [0.2, 0.25) is 0 Å². The minimum absolute atomic E-state index is 0.0654. The molecule has 4 N–H and O–H groups in total. The van der Waals surface area contributed by atoms with Crippen LogP contribution in [0.3, 0.4) is 0 Å². The van der Waals surface area contributed by atoms with E-state index in [1.807, 2.05) is 30.3 Å². The monoisotopic (exact) mass is 353 g/mol. The number of primary amides is 1. The number of rotatable bonds is 7. The average molecular weight is 353 g/mol. The number of nitrogens with one attached hydrogen (secondary N) is 1. The second-order valence-electron chi connectivity index (χ2n) is 6.34. The molecule has 0 radical (unpaired) electrons. The summed E-state index contributed by atoms with van der Waals surface area (Å²) in [5, 5.41) is 13.4. The Kier molecular flexibility index (Phi) is 5.99. The van der Waals surface area contributed by atoms with E-state index in [9.17, 15) is 9.90 Å². The fraction of sp³-hybridized carbons (Fsp3) is 0.300. The molecule has 6 heteroatoms. The van der Waals surface area contributed by atoms with Gasteiger partial charge in [0.25, 0.3) is 0 Å². The van der Waals surface area contributed by atoms with Crippen molar-refractivity contribution in [2.75, 3.05) is 13.1 Å². The predicted octanol–water partition coefficient (Wildman–Crippen LogP) is 1.60. The number of aliphatic hydroxyl groups excluding tert-OH is 1. The molecule has 1 aromatic carbocycles. The fourth-order valence-corrected chi connectivity index (χ4v) is 2.96. The maximum Gasteiger partial charge on any atom is 0.241 e. The highest BCUT2D eigenvalue weighted by Gasteiger charge is 2.20. The lowest BCUT2D eigenvalue weighted by molar-refractivity contribution is -0.113. The van der Waals surface area contributed by atoms with Gasteiger partial charge in [0.1, 0.15) is 11.9 Å². The number of amides is 1. The highest BCUT2D eigenvalue weighted by atomic mass is 16.5. The minimum atomic E-state index is -0.584. The quantitative estimate of drug-likeness (QED) is 0.657. The summed E-state index contributed by atoms with van der Waals surface area (Å²) < 4.78 is 6.03. The van der Waals surface area contributed by atoms with Crippen molar-refractivity contribution >= 4 is 12.0 Å². The number of benzene rings is 1. The number of carbonyl (C=O) groups is 1. The molecule has 1 aliphatic heterocycles. The first-order valence-electron chi connectivity index (χ1n) is 8.67. The van der Waals surface area contributed by atoms with Crippen LogP contribution in [0.25, 0.3) is 6.08 Å². The molecule has 0 fully saturated rings. The SMILES string of the molecule is NC(=O)/C=C\c1ccc2c(c1)CC[C@@H](CNC[C@H](O)c1cccnc1)O2. The third-order valence-corrected chi connectivity index (χ3v) is 4.33. The molecule has 1 aliphatic rings. The van der Waals surface area contributed by atoms with Crippen LogP contribution in [0.1, 0.15) is 29.2 Å². The smallest absolute Gasteiger partial charge is 0.241 e. The zero-order valence-electron chi connectivity index (χ0n) is 14.5. The van der Waals surface area contributed by atoms with Crippen LogP contribution in [0, 0.1) is 0 Å². The summed E-state index contributed by atoms with van der Waals surface area (Å²) in [7, 11) is 0. The van der Waals surface area contributed by atoms with Gasteiger partial charge in [-0.3, -0.25) is 9.78 Å². The van der Waals surface area contributed by atoms with Gasteiger partial charge in [0.05, 0.1) is 6.10 Å². The third-order valence-electron chi connectivity index (χ3n) is 4.33. The molecule has 0 bridgehead atoms. The van der Waals surface area contributed by atoms with E-state index in [-0.39, 0.29) is 6.10 Å². The number of aliphatic hydroxyl groups is 1. The molecule has 0 unspecified atom stereocenters. The molecule has 1 aromatic heterocycles. The number of hydrogen-bond donors (Lipinski definition) is 3. The normalized spacial score (nSPS) is 17.5. The van der Waals surface area contributed by atoms with E-state index in [1.54, 1.807) is 18.5 Å². The second kappa shape index (κ2) is 8.60. The number of ether oxygens (including phenoxy) is 1. The van der Waals surface area contributed by atoms with Gasteiger partial charge >= 0.3 is 0 Å². The Morgan fingerprint density at radius 2 is 2.35 bits per heavy atom. The third kappa shape index (κ3) is 4.91. The number of aryl methyl sites for hydroxylation is 1. The molecule has 0 aliphatic carbocycles. The van der Waals surface area contributed by atoms with Crippen molar-refractivity contribution < 1.29 is 14.6 Å². The lowest BCUT2D eigenvalue weighted by Crippen LogP contribution is -2.36.